The number of halogens is 1. The third-order valence-corrected chi connectivity index (χ3v) is 4.19. The van der Waals surface area contributed by atoms with Crippen LogP contribution >= 0.6 is 11.6 Å². The first kappa shape index (κ1) is 19.7. The molecule has 2 atom stereocenters. The number of nitro groups is 1. The van der Waals surface area contributed by atoms with Crippen molar-refractivity contribution in [1.29, 1.82) is 0 Å². The molecule has 0 heterocycles. The fourth-order valence-electron chi connectivity index (χ4n) is 2.40. The number of ether oxygens (including phenoxy) is 1. The predicted octanol–water partition coefficient (Wildman–Crippen LogP) is 4.15. The van der Waals surface area contributed by atoms with E-state index in [0.29, 0.717) is 0 Å². The average Bonchev–Trinajstić information content (AvgIpc) is 2.62. The zero-order valence-corrected chi connectivity index (χ0v) is 15.4. The monoisotopic (exact) mass is 376 g/mol. The fourth-order valence-corrected chi connectivity index (χ4v) is 2.62. The van der Waals surface area contributed by atoms with Gasteiger partial charge in [-0.2, -0.15) is 0 Å². The van der Waals surface area contributed by atoms with Crippen LogP contribution in [-0.2, 0) is 11.2 Å². The van der Waals surface area contributed by atoms with E-state index >= 15 is 0 Å². The van der Waals surface area contributed by atoms with Crippen molar-refractivity contribution in [3.63, 3.8) is 0 Å². The van der Waals surface area contributed by atoms with Crippen LogP contribution in [0.1, 0.15) is 25.8 Å². The lowest BCUT2D eigenvalue weighted by Gasteiger charge is -2.19. The molecule has 2 aromatic rings. The minimum atomic E-state index is -0.770. The van der Waals surface area contributed by atoms with Crippen LogP contribution in [0.5, 0.6) is 5.75 Å². The van der Waals surface area contributed by atoms with E-state index in [1.54, 1.807) is 6.92 Å². The van der Waals surface area contributed by atoms with Crippen LogP contribution in [0, 0.1) is 10.1 Å². The van der Waals surface area contributed by atoms with Crippen LogP contribution < -0.4 is 10.1 Å². The minimum absolute atomic E-state index is 0.0129. The summed E-state index contributed by atoms with van der Waals surface area (Å²) in [7, 11) is 0. The Bertz CT molecular complexity index is 767. The summed E-state index contributed by atoms with van der Waals surface area (Å²) in [5.74, 6) is -0.0307. The molecule has 1 amide bonds. The number of benzene rings is 2. The molecule has 0 saturated heterocycles. The van der Waals surface area contributed by atoms with E-state index in [0.717, 1.165) is 12.8 Å². The average molecular weight is 377 g/mol. The van der Waals surface area contributed by atoms with Gasteiger partial charge in [-0.15, -0.1) is 0 Å². The number of hydrogen-bond acceptors (Lipinski definition) is 4. The van der Waals surface area contributed by atoms with Gasteiger partial charge in [0.25, 0.3) is 11.6 Å². The lowest BCUT2D eigenvalue weighted by Crippen LogP contribution is -2.41. The third kappa shape index (κ3) is 5.74. The summed E-state index contributed by atoms with van der Waals surface area (Å²) < 4.78 is 5.54. The highest BCUT2D eigenvalue weighted by molar-refractivity contribution is 6.32. The normalized spacial score (nSPS) is 12.9. The quantitative estimate of drug-likeness (QED) is 0.554. The van der Waals surface area contributed by atoms with Gasteiger partial charge in [-0.3, -0.25) is 14.9 Å². The summed E-state index contributed by atoms with van der Waals surface area (Å²) in [6, 6.07) is 13.9. The Hall–Kier alpha value is -2.60. The van der Waals surface area contributed by atoms with E-state index in [1.807, 2.05) is 25.1 Å². The van der Waals surface area contributed by atoms with Gasteiger partial charge in [-0.1, -0.05) is 41.9 Å². The van der Waals surface area contributed by atoms with Crippen LogP contribution in [0.2, 0.25) is 5.02 Å². The van der Waals surface area contributed by atoms with Crippen molar-refractivity contribution < 1.29 is 14.5 Å². The lowest BCUT2D eigenvalue weighted by atomic mass is 10.1. The number of carbonyl (C=O) groups is 1. The molecule has 1 N–H and O–H groups in total. The van der Waals surface area contributed by atoms with E-state index < -0.39 is 11.0 Å². The Morgan fingerprint density at radius 1 is 1.23 bits per heavy atom. The minimum Gasteiger partial charge on any atom is -0.479 e. The summed E-state index contributed by atoms with van der Waals surface area (Å²) in [6.45, 7) is 3.55. The number of amides is 1. The molecule has 0 aliphatic heterocycles. The number of hydrogen-bond donors (Lipinski definition) is 1. The molecule has 6 nitrogen and oxygen atoms in total. The zero-order chi connectivity index (χ0) is 19.1. The summed E-state index contributed by atoms with van der Waals surface area (Å²) in [5.41, 5.74) is 1.09. The Kier molecular flexibility index (Phi) is 6.97. The first-order valence-electron chi connectivity index (χ1n) is 8.31. The number of non-ortho nitro benzene ring substituents is 1. The highest BCUT2D eigenvalue weighted by Crippen LogP contribution is 2.29. The molecule has 0 aliphatic rings. The second-order valence-electron chi connectivity index (χ2n) is 6.07. The maximum atomic E-state index is 12.3. The largest absolute Gasteiger partial charge is 0.479 e. The number of nitrogens with zero attached hydrogens (tertiary/aromatic N) is 1. The first-order valence-corrected chi connectivity index (χ1v) is 8.69. The number of rotatable bonds is 8. The fraction of sp³-hybridized carbons (Fsp3) is 0.316. The van der Waals surface area contributed by atoms with Crippen LogP contribution in [-0.4, -0.2) is 23.0 Å². The topological polar surface area (TPSA) is 81.5 Å². The standard InChI is InChI=1S/C19H21ClN2O4/c1-13(8-9-15-6-4-3-5-7-15)21-19(23)14(2)26-18-11-10-16(22(24)25)12-17(18)20/h3-7,10-14H,8-9H2,1-2H3,(H,21,23)/t13-,14-/m1/s1. The number of nitro benzene ring substituents is 1. The molecule has 0 spiro atoms. The van der Waals surface area contributed by atoms with E-state index in [1.165, 1.54) is 23.8 Å². The van der Waals surface area contributed by atoms with Gasteiger partial charge < -0.3 is 10.1 Å². The second kappa shape index (κ2) is 9.20. The van der Waals surface area contributed by atoms with Crippen molar-refractivity contribution in [2.75, 3.05) is 0 Å². The van der Waals surface area contributed by atoms with Crippen molar-refractivity contribution in [2.24, 2.45) is 0 Å². The van der Waals surface area contributed by atoms with Gasteiger partial charge in [0.1, 0.15) is 5.75 Å². The van der Waals surface area contributed by atoms with Crippen LogP contribution in [0.15, 0.2) is 48.5 Å². The maximum absolute atomic E-state index is 12.3. The van der Waals surface area contributed by atoms with Gasteiger partial charge in [0, 0.05) is 18.2 Å². The van der Waals surface area contributed by atoms with Crippen LogP contribution in [0.4, 0.5) is 5.69 Å². The Morgan fingerprint density at radius 3 is 2.54 bits per heavy atom. The molecule has 0 aliphatic carbocycles. The molecule has 7 heteroatoms. The van der Waals surface area contributed by atoms with Crippen molar-refractivity contribution >= 4 is 23.2 Å². The SMILES string of the molecule is C[C@H](CCc1ccccc1)NC(=O)[C@@H](C)Oc1ccc([N+](=O)[O-])cc1Cl. The van der Waals surface area contributed by atoms with Crippen molar-refractivity contribution in [3.05, 3.63) is 69.2 Å². The highest BCUT2D eigenvalue weighted by atomic mass is 35.5. The van der Waals surface area contributed by atoms with Gasteiger partial charge in [0.15, 0.2) is 6.10 Å². The molecule has 2 aromatic carbocycles. The number of nitrogens with one attached hydrogen (secondary N) is 1. The Labute approximate surface area is 157 Å². The van der Waals surface area contributed by atoms with E-state index in [2.05, 4.69) is 17.4 Å². The number of aryl methyl sites for hydroxylation is 1. The summed E-state index contributed by atoms with van der Waals surface area (Å²) in [4.78, 5) is 22.4. The highest BCUT2D eigenvalue weighted by Gasteiger charge is 2.19. The Morgan fingerprint density at radius 2 is 1.92 bits per heavy atom. The molecule has 26 heavy (non-hydrogen) atoms. The molecular weight excluding hydrogens is 356 g/mol. The smallest absolute Gasteiger partial charge is 0.271 e. The summed E-state index contributed by atoms with van der Waals surface area (Å²) in [5, 5.41) is 13.7. The van der Waals surface area contributed by atoms with Crippen LogP contribution in [0.3, 0.4) is 0 Å². The molecule has 0 radical (unpaired) electrons. The summed E-state index contributed by atoms with van der Waals surface area (Å²) in [6.07, 6.45) is 0.903. The van der Waals surface area contributed by atoms with Gasteiger partial charge in [0.05, 0.1) is 9.95 Å². The summed E-state index contributed by atoms with van der Waals surface area (Å²) >= 11 is 5.98. The predicted molar refractivity (Wildman–Crippen MR) is 101 cm³/mol. The van der Waals surface area contributed by atoms with Gasteiger partial charge in [-0.05, 0) is 38.3 Å². The maximum Gasteiger partial charge on any atom is 0.271 e. The van der Waals surface area contributed by atoms with Crippen LogP contribution in [0.25, 0.3) is 0 Å². The molecule has 0 unspecified atom stereocenters. The van der Waals surface area contributed by atoms with E-state index in [4.69, 9.17) is 16.3 Å². The van der Waals surface area contributed by atoms with Gasteiger partial charge in [0.2, 0.25) is 0 Å². The van der Waals surface area contributed by atoms with E-state index in [-0.39, 0.29) is 28.4 Å². The molecule has 0 fully saturated rings. The molecule has 0 aromatic heterocycles. The number of carbonyl (C=O) groups excluding carboxylic acids is 1. The van der Waals surface area contributed by atoms with Crippen molar-refractivity contribution in [2.45, 2.75) is 38.8 Å². The van der Waals surface area contributed by atoms with Gasteiger partial charge in [-0.25, -0.2) is 0 Å². The molecule has 0 bridgehead atoms. The molecule has 0 saturated carbocycles. The Balaban J connectivity index is 1.86. The zero-order valence-electron chi connectivity index (χ0n) is 14.6. The lowest BCUT2D eigenvalue weighted by molar-refractivity contribution is -0.384. The van der Waals surface area contributed by atoms with Gasteiger partial charge >= 0.3 is 0 Å². The van der Waals surface area contributed by atoms with Crippen molar-refractivity contribution in [1.82, 2.24) is 5.32 Å². The second-order valence-corrected chi connectivity index (χ2v) is 6.47. The van der Waals surface area contributed by atoms with Crippen molar-refractivity contribution in [3.8, 4) is 5.75 Å². The molecule has 2 rings (SSSR count). The molecule has 138 valence electrons. The third-order valence-electron chi connectivity index (χ3n) is 3.90. The van der Waals surface area contributed by atoms with E-state index in [9.17, 15) is 14.9 Å². The first-order chi connectivity index (χ1) is 12.4. The molecular formula is C19H21ClN2O4.